The molecule has 1 aromatic carbocycles. The van der Waals surface area contributed by atoms with E-state index in [0.29, 0.717) is 18.1 Å². The van der Waals surface area contributed by atoms with E-state index in [0.717, 1.165) is 12.3 Å². The Hall–Kier alpha value is -1.02. The fourth-order valence-corrected chi connectivity index (χ4v) is 2.73. The molecule has 0 saturated heterocycles. The monoisotopic (exact) mass is 275 g/mol. The normalized spacial score (nSPS) is 17.8. The van der Waals surface area contributed by atoms with Crippen LogP contribution in [0.3, 0.4) is 0 Å². The molecule has 2 nitrogen and oxygen atoms in total. The van der Waals surface area contributed by atoms with E-state index in [9.17, 15) is 0 Å². The molecular formula is C18H29NO. The summed E-state index contributed by atoms with van der Waals surface area (Å²) < 4.78 is 5.93. The molecule has 1 N–H and O–H groups in total. The highest BCUT2D eigenvalue weighted by molar-refractivity contribution is 5.31. The Balaban J connectivity index is 2.08. The van der Waals surface area contributed by atoms with E-state index in [2.05, 4.69) is 50.4 Å². The topological polar surface area (TPSA) is 21.3 Å². The molecule has 2 heteroatoms. The molecule has 0 radical (unpaired) electrons. The van der Waals surface area contributed by atoms with Gasteiger partial charge in [-0.1, -0.05) is 39.3 Å². The zero-order chi connectivity index (χ0) is 14.4. The highest BCUT2D eigenvalue weighted by Gasteiger charge is 2.24. The van der Waals surface area contributed by atoms with Gasteiger partial charge in [0.05, 0.1) is 6.10 Å². The van der Waals surface area contributed by atoms with Crippen molar-refractivity contribution in [2.24, 2.45) is 5.92 Å². The van der Waals surface area contributed by atoms with Crippen LogP contribution in [0.4, 0.5) is 0 Å². The van der Waals surface area contributed by atoms with Crippen molar-refractivity contribution in [2.75, 3.05) is 6.54 Å². The Bertz CT molecular complexity index is 400. The molecular weight excluding hydrogens is 246 g/mol. The first-order chi connectivity index (χ1) is 9.74. The fraction of sp³-hybridized carbons (Fsp3) is 0.667. The number of hydrogen-bond acceptors (Lipinski definition) is 2. The van der Waals surface area contributed by atoms with Crippen LogP contribution < -0.4 is 10.1 Å². The van der Waals surface area contributed by atoms with E-state index >= 15 is 0 Å². The average molecular weight is 275 g/mol. The maximum Gasteiger partial charge on any atom is 0.120 e. The molecule has 1 aliphatic rings. The zero-order valence-electron chi connectivity index (χ0n) is 13.2. The lowest BCUT2D eigenvalue weighted by atomic mass is 9.91. The van der Waals surface area contributed by atoms with Gasteiger partial charge >= 0.3 is 0 Å². The molecule has 0 heterocycles. The predicted octanol–water partition coefficient (Wildman–Crippen LogP) is 4.70. The van der Waals surface area contributed by atoms with Gasteiger partial charge in [0.25, 0.3) is 0 Å². The third-order valence-corrected chi connectivity index (χ3v) is 3.97. The number of ether oxygens (including phenoxy) is 1. The average Bonchev–Trinajstić information content (AvgIpc) is 3.24. The van der Waals surface area contributed by atoms with E-state index in [-0.39, 0.29) is 0 Å². The van der Waals surface area contributed by atoms with Gasteiger partial charge in [-0.2, -0.15) is 0 Å². The Morgan fingerprint density at radius 3 is 2.70 bits per heavy atom. The molecule has 1 saturated carbocycles. The molecule has 0 aliphatic heterocycles. The van der Waals surface area contributed by atoms with Gasteiger partial charge < -0.3 is 10.1 Å². The summed E-state index contributed by atoms with van der Waals surface area (Å²) >= 11 is 0. The van der Waals surface area contributed by atoms with Gasteiger partial charge in [-0.25, -0.2) is 0 Å². The fourth-order valence-electron chi connectivity index (χ4n) is 2.73. The summed E-state index contributed by atoms with van der Waals surface area (Å²) in [4.78, 5) is 0. The smallest absolute Gasteiger partial charge is 0.120 e. The van der Waals surface area contributed by atoms with Crippen LogP contribution in [-0.2, 0) is 0 Å². The summed E-state index contributed by atoms with van der Waals surface area (Å²) in [6, 6.07) is 9.13. The first-order valence-electron chi connectivity index (χ1n) is 8.24. The van der Waals surface area contributed by atoms with Crippen molar-refractivity contribution in [1.82, 2.24) is 5.32 Å². The molecule has 0 aromatic heterocycles. The van der Waals surface area contributed by atoms with E-state index in [1.165, 1.54) is 37.7 Å². The number of hydrogen-bond donors (Lipinski definition) is 1. The number of rotatable bonds is 9. The van der Waals surface area contributed by atoms with Crippen LogP contribution in [0.2, 0.25) is 0 Å². The maximum absolute atomic E-state index is 5.93. The second kappa shape index (κ2) is 7.68. The van der Waals surface area contributed by atoms with Gasteiger partial charge in [0.1, 0.15) is 5.75 Å². The number of benzene rings is 1. The van der Waals surface area contributed by atoms with Gasteiger partial charge in [-0.15, -0.1) is 0 Å². The Kier molecular flexibility index (Phi) is 5.90. The van der Waals surface area contributed by atoms with E-state index < -0.39 is 0 Å². The standard InChI is InChI=1S/C18H29NO/c1-4-7-14(3)18(19-12-5-2)15-8-6-9-17(13-15)20-16-10-11-16/h6,8-9,13-14,16,18-19H,4-5,7,10-12H2,1-3H3. The van der Waals surface area contributed by atoms with Crippen molar-refractivity contribution in [3.8, 4) is 5.75 Å². The van der Waals surface area contributed by atoms with Crippen LogP contribution in [0.15, 0.2) is 24.3 Å². The van der Waals surface area contributed by atoms with Crippen molar-refractivity contribution < 1.29 is 4.74 Å². The largest absolute Gasteiger partial charge is 0.490 e. The summed E-state index contributed by atoms with van der Waals surface area (Å²) in [5, 5.41) is 3.71. The van der Waals surface area contributed by atoms with Gasteiger partial charge in [-0.05, 0) is 55.8 Å². The third kappa shape index (κ3) is 4.52. The molecule has 1 aliphatic carbocycles. The van der Waals surface area contributed by atoms with E-state index in [4.69, 9.17) is 4.74 Å². The van der Waals surface area contributed by atoms with Crippen LogP contribution in [0.25, 0.3) is 0 Å². The Morgan fingerprint density at radius 2 is 2.05 bits per heavy atom. The molecule has 2 rings (SSSR count). The van der Waals surface area contributed by atoms with E-state index in [1.807, 2.05) is 0 Å². The van der Waals surface area contributed by atoms with Crippen LogP contribution >= 0.6 is 0 Å². The minimum absolute atomic E-state index is 0.442. The molecule has 1 fully saturated rings. The Labute approximate surface area is 123 Å². The zero-order valence-corrected chi connectivity index (χ0v) is 13.2. The molecule has 112 valence electrons. The molecule has 2 unspecified atom stereocenters. The quantitative estimate of drug-likeness (QED) is 0.705. The summed E-state index contributed by atoms with van der Waals surface area (Å²) in [5.41, 5.74) is 1.37. The molecule has 20 heavy (non-hydrogen) atoms. The SMILES string of the molecule is CCCNC(c1cccc(OC2CC2)c1)C(C)CCC. The van der Waals surface area contributed by atoms with Crippen molar-refractivity contribution in [1.29, 1.82) is 0 Å². The molecule has 0 amide bonds. The molecule has 1 aromatic rings. The van der Waals surface area contributed by atoms with Crippen molar-refractivity contribution >= 4 is 0 Å². The van der Waals surface area contributed by atoms with Crippen molar-refractivity contribution in [3.63, 3.8) is 0 Å². The van der Waals surface area contributed by atoms with Crippen LogP contribution in [0.5, 0.6) is 5.75 Å². The molecule has 0 bridgehead atoms. The predicted molar refractivity (Wildman–Crippen MR) is 85.2 cm³/mol. The first kappa shape index (κ1) is 15.4. The molecule has 2 atom stereocenters. The van der Waals surface area contributed by atoms with Gasteiger partial charge in [0.15, 0.2) is 0 Å². The minimum Gasteiger partial charge on any atom is -0.490 e. The van der Waals surface area contributed by atoms with Crippen molar-refractivity contribution in [2.45, 2.75) is 65.0 Å². The summed E-state index contributed by atoms with van der Waals surface area (Å²) in [6.07, 6.45) is 6.58. The highest BCUT2D eigenvalue weighted by atomic mass is 16.5. The Morgan fingerprint density at radius 1 is 1.25 bits per heavy atom. The van der Waals surface area contributed by atoms with Crippen LogP contribution in [-0.4, -0.2) is 12.6 Å². The summed E-state index contributed by atoms with van der Waals surface area (Å²) in [7, 11) is 0. The molecule has 0 spiro atoms. The van der Waals surface area contributed by atoms with Gasteiger partial charge in [0, 0.05) is 6.04 Å². The van der Waals surface area contributed by atoms with Crippen LogP contribution in [0.1, 0.15) is 64.5 Å². The van der Waals surface area contributed by atoms with Gasteiger partial charge in [0.2, 0.25) is 0 Å². The van der Waals surface area contributed by atoms with Gasteiger partial charge in [-0.3, -0.25) is 0 Å². The van der Waals surface area contributed by atoms with Crippen molar-refractivity contribution in [3.05, 3.63) is 29.8 Å². The lowest BCUT2D eigenvalue weighted by molar-refractivity contribution is 0.301. The first-order valence-corrected chi connectivity index (χ1v) is 8.24. The number of nitrogens with one attached hydrogen (secondary N) is 1. The highest BCUT2D eigenvalue weighted by Crippen LogP contribution is 2.31. The van der Waals surface area contributed by atoms with E-state index in [1.54, 1.807) is 0 Å². The maximum atomic E-state index is 5.93. The summed E-state index contributed by atoms with van der Waals surface area (Å²) in [6.45, 7) is 7.92. The minimum atomic E-state index is 0.442. The third-order valence-electron chi connectivity index (χ3n) is 3.97. The summed E-state index contributed by atoms with van der Waals surface area (Å²) in [5.74, 6) is 1.69. The second-order valence-electron chi connectivity index (χ2n) is 6.09. The lowest BCUT2D eigenvalue weighted by Gasteiger charge is -2.26. The lowest BCUT2D eigenvalue weighted by Crippen LogP contribution is -2.27. The second-order valence-corrected chi connectivity index (χ2v) is 6.09. The van der Waals surface area contributed by atoms with Crippen LogP contribution in [0, 0.1) is 5.92 Å².